The third-order valence-corrected chi connectivity index (χ3v) is 3.88. The van der Waals surface area contributed by atoms with Gasteiger partial charge in [-0.15, -0.1) is 0 Å². The lowest BCUT2D eigenvalue weighted by atomic mass is 10.2. The number of carbonyl (C=O) groups is 1. The number of anilines is 1. The Balaban J connectivity index is 1.90. The number of rotatable bonds is 3. The van der Waals surface area contributed by atoms with Crippen LogP contribution in [0.4, 0.5) is 5.69 Å². The minimum Gasteiger partial charge on any atom is -0.385 e. The Bertz CT molecular complexity index is 985. The molecule has 124 valence electrons. The van der Waals surface area contributed by atoms with E-state index in [0.717, 1.165) is 5.69 Å². The maximum atomic E-state index is 12.4. The van der Waals surface area contributed by atoms with E-state index in [1.165, 1.54) is 12.3 Å². The van der Waals surface area contributed by atoms with Crippen LogP contribution in [-0.2, 0) is 7.05 Å². The average molecular weight is 326 g/mol. The highest BCUT2D eigenvalue weighted by atomic mass is 16.3. The molecule has 7 nitrogen and oxygen atoms in total. The Hall–Kier alpha value is -2.93. The van der Waals surface area contributed by atoms with Crippen LogP contribution < -0.4 is 10.7 Å². The van der Waals surface area contributed by atoms with Crippen LogP contribution in [0.25, 0.3) is 11.0 Å². The van der Waals surface area contributed by atoms with Gasteiger partial charge in [-0.2, -0.15) is 0 Å². The zero-order valence-corrected chi connectivity index (χ0v) is 13.6. The maximum absolute atomic E-state index is 12.4. The molecule has 24 heavy (non-hydrogen) atoms. The molecule has 0 spiro atoms. The van der Waals surface area contributed by atoms with Gasteiger partial charge in [-0.3, -0.25) is 9.59 Å². The van der Waals surface area contributed by atoms with E-state index in [2.05, 4.69) is 15.3 Å². The molecular formula is C17H18N4O3. The molecule has 3 rings (SSSR count). The fourth-order valence-corrected chi connectivity index (χ4v) is 2.40. The lowest BCUT2D eigenvalue weighted by Crippen LogP contribution is -2.23. The van der Waals surface area contributed by atoms with E-state index in [1.807, 2.05) is 0 Å². The third-order valence-electron chi connectivity index (χ3n) is 3.88. The number of aliphatic hydroxyl groups excluding tert-OH is 1. The summed E-state index contributed by atoms with van der Waals surface area (Å²) in [4.78, 5) is 31.6. The quantitative estimate of drug-likeness (QED) is 0.684. The van der Waals surface area contributed by atoms with Crippen LogP contribution in [0, 0.1) is 6.92 Å². The van der Waals surface area contributed by atoms with Crippen molar-refractivity contribution < 1.29 is 9.90 Å². The van der Waals surface area contributed by atoms with Gasteiger partial charge >= 0.3 is 0 Å². The lowest BCUT2D eigenvalue weighted by molar-refractivity contribution is 0.102. The number of benzene rings is 1. The zero-order valence-electron chi connectivity index (χ0n) is 13.6. The number of nitrogens with zero attached hydrogens (tertiary/aromatic N) is 2. The molecule has 0 aliphatic carbocycles. The first-order chi connectivity index (χ1) is 11.3. The molecule has 0 bridgehead atoms. The topological polar surface area (TPSA) is 100 Å². The van der Waals surface area contributed by atoms with Gasteiger partial charge in [0, 0.05) is 30.7 Å². The molecule has 2 heterocycles. The first-order valence-electron chi connectivity index (χ1n) is 7.51. The standard InChI is InChI=1S/C17H18N4O3/c1-9-6-15(23)12(8-21(9)3)17(24)18-11-4-5-13-14(7-11)20-16(19-13)10(2)22/h4-8,10,22H,1-3H3,(H,18,24)(H,19,20). The molecule has 0 saturated heterocycles. The number of aliphatic hydroxyl groups is 1. The van der Waals surface area contributed by atoms with Crippen LogP contribution in [0.15, 0.2) is 35.3 Å². The second-order valence-electron chi connectivity index (χ2n) is 5.79. The monoisotopic (exact) mass is 326 g/mol. The SMILES string of the molecule is Cc1cc(=O)c(C(=O)Nc2ccc3nc(C(C)O)[nH]c3c2)cn1C. The summed E-state index contributed by atoms with van der Waals surface area (Å²) in [5, 5.41) is 12.3. The van der Waals surface area contributed by atoms with Crippen molar-refractivity contribution in [3.05, 3.63) is 57.8 Å². The van der Waals surface area contributed by atoms with Crippen molar-refractivity contribution in [2.45, 2.75) is 20.0 Å². The fourth-order valence-electron chi connectivity index (χ4n) is 2.40. The van der Waals surface area contributed by atoms with E-state index in [-0.39, 0.29) is 11.0 Å². The summed E-state index contributed by atoms with van der Waals surface area (Å²) in [6.45, 7) is 3.42. The summed E-state index contributed by atoms with van der Waals surface area (Å²) in [5.74, 6) is -0.00825. The number of aryl methyl sites for hydroxylation is 2. The molecule has 1 atom stereocenters. The van der Waals surface area contributed by atoms with Gasteiger partial charge in [-0.25, -0.2) is 4.98 Å². The third kappa shape index (κ3) is 2.93. The smallest absolute Gasteiger partial charge is 0.261 e. The number of hydrogen-bond donors (Lipinski definition) is 3. The van der Waals surface area contributed by atoms with Crippen molar-refractivity contribution in [1.82, 2.24) is 14.5 Å². The van der Waals surface area contributed by atoms with Crippen molar-refractivity contribution in [1.29, 1.82) is 0 Å². The number of nitrogens with one attached hydrogen (secondary N) is 2. The Morgan fingerprint density at radius 3 is 2.83 bits per heavy atom. The van der Waals surface area contributed by atoms with Crippen LogP contribution in [-0.4, -0.2) is 25.5 Å². The molecule has 7 heteroatoms. The minimum absolute atomic E-state index is 0.0810. The highest BCUT2D eigenvalue weighted by molar-refractivity contribution is 6.04. The van der Waals surface area contributed by atoms with Crippen molar-refractivity contribution in [3.8, 4) is 0 Å². The Kier molecular flexibility index (Phi) is 3.94. The zero-order chi connectivity index (χ0) is 17.4. The molecule has 3 aromatic rings. The normalized spacial score (nSPS) is 12.3. The van der Waals surface area contributed by atoms with Crippen LogP contribution in [0.2, 0.25) is 0 Å². The Morgan fingerprint density at radius 1 is 1.38 bits per heavy atom. The first kappa shape index (κ1) is 15.9. The summed E-state index contributed by atoms with van der Waals surface area (Å²) in [6.07, 6.45) is 0.818. The molecule has 0 fully saturated rings. The van der Waals surface area contributed by atoms with Crippen molar-refractivity contribution >= 4 is 22.6 Å². The highest BCUT2D eigenvalue weighted by Crippen LogP contribution is 2.20. The molecule has 0 saturated carbocycles. The predicted molar refractivity (Wildman–Crippen MR) is 91.1 cm³/mol. The van der Waals surface area contributed by atoms with E-state index in [4.69, 9.17) is 0 Å². The van der Waals surface area contributed by atoms with Gasteiger partial charge in [0.2, 0.25) is 0 Å². The van der Waals surface area contributed by atoms with Crippen LogP contribution in [0.5, 0.6) is 0 Å². The number of pyridine rings is 1. The van der Waals surface area contributed by atoms with Gasteiger partial charge in [0.1, 0.15) is 17.5 Å². The van der Waals surface area contributed by atoms with Crippen LogP contribution >= 0.6 is 0 Å². The number of imidazole rings is 1. The van der Waals surface area contributed by atoms with Crippen LogP contribution in [0.3, 0.4) is 0 Å². The van der Waals surface area contributed by atoms with Gasteiger partial charge in [0.15, 0.2) is 5.43 Å². The number of aromatic amines is 1. The Morgan fingerprint density at radius 2 is 2.12 bits per heavy atom. The summed E-state index contributed by atoms with van der Waals surface area (Å²) >= 11 is 0. The van der Waals surface area contributed by atoms with Crippen LogP contribution in [0.1, 0.15) is 34.9 Å². The number of carbonyl (C=O) groups excluding carboxylic acids is 1. The van der Waals surface area contributed by atoms with E-state index in [1.54, 1.807) is 43.7 Å². The molecule has 0 radical (unpaired) electrons. The molecular weight excluding hydrogens is 308 g/mol. The van der Waals surface area contributed by atoms with Gasteiger partial charge in [0.05, 0.1) is 11.0 Å². The summed E-state index contributed by atoms with van der Waals surface area (Å²) in [7, 11) is 1.78. The van der Waals surface area contributed by atoms with Crippen molar-refractivity contribution in [2.75, 3.05) is 5.32 Å². The second-order valence-corrected chi connectivity index (χ2v) is 5.79. The largest absolute Gasteiger partial charge is 0.385 e. The van der Waals surface area contributed by atoms with Crippen molar-refractivity contribution in [3.63, 3.8) is 0 Å². The first-order valence-corrected chi connectivity index (χ1v) is 7.51. The Labute approximate surface area is 138 Å². The number of amides is 1. The van der Waals surface area contributed by atoms with Gasteiger partial charge < -0.3 is 20.0 Å². The molecule has 3 N–H and O–H groups in total. The number of hydrogen-bond acceptors (Lipinski definition) is 4. The summed E-state index contributed by atoms with van der Waals surface area (Å²) < 4.78 is 1.73. The average Bonchev–Trinajstić information content (AvgIpc) is 2.94. The maximum Gasteiger partial charge on any atom is 0.261 e. The number of H-pyrrole nitrogens is 1. The summed E-state index contributed by atoms with van der Waals surface area (Å²) in [6, 6.07) is 6.58. The fraction of sp³-hybridized carbons (Fsp3) is 0.235. The van der Waals surface area contributed by atoms with Gasteiger partial charge in [-0.05, 0) is 32.0 Å². The number of aromatic nitrogens is 3. The molecule has 0 aliphatic heterocycles. The van der Waals surface area contributed by atoms with E-state index in [0.29, 0.717) is 22.5 Å². The predicted octanol–water partition coefficient (Wildman–Crippen LogP) is 1.88. The van der Waals surface area contributed by atoms with E-state index < -0.39 is 12.0 Å². The van der Waals surface area contributed by atoms with E-state index >= 15 is 0 Å². The van der Waals surface area contributed by atoms with Gasteiger partial charge in [-0.1, -0.05) is 0 Å². The highest BCUT2D eigenvalue weighted by Gasteiger charge is 2.13. The molecule has 2 aromatic heterocycles. The molecule has 1 aromatic carbocycles. The van der Waals surface area contributed by atoms with Gasteiger partial charge in [0.25, 0.3) is 5.91 Å². The minimum atomic E-state index is -0.703. The number of fused-ring (bicyclic) bond motifs is 1. The second kappa shape index (κ2) is 5.93. The molecule has 0 aliphatic rings. The van der Waals surface area contributed by atoms with Crippen molar-refractivity contribution in [2.24, 2.45) is 7.05 Å². The molecule has 1 amide bonds. The molecule has 1 unspecified atom stereocenters. The lowest BCUT2D eigenvalue weighted by Gasteiger charge is -2.08. The summed E-state index contributed by atoms with van der Waals surface area (Å²) in [5.41, 5.74) is 2.47. The van der Waals surface area contributed by atoms with E-state index in [9.17, 15) is 14.7 Å².